The average Bonchev–Trinajstić information content (AvgIpc) is 3.15. The van der Waals surface area contributed by atoms with Gasteiger partial charge in [-0.15, -0.1) is 0 Å². The molecule has 0 bridgehead atoms. The van der Waals surface area contributed by atoms with Crippen molar-refractivity contribution in [2.75, 3.05) is 0 Å². The van der Waals surface area contributed by atoms with E-state index in [-0.39, 0.29) is 0 Å². The van der Waals surface area contributed by atoms with Gasteiger partial charge in [0.15, 0.2) is 5.82 Å². The first-order valence-electron chi connectivity index (χ1n) is 15.4. The van der Waals surface area contributed by atoms with Crippen LogP contribution in [0.2, 0.25) is 0 Å². The summed E-state index contributed by atoms with van der Waals surface area (Å²) in [5.41, 5.74) is 11.9. The van der Waals surface area contributed by atoms with E-state index in [0.717, 1.165) is 39.2 Å². The Bertz CT molecular complexity index is 2260. The molecule has 3 nitrogen and oxygen atoms in total. The van der Waals surface area contributed by atoms with E-state index < -0.39 is 0 Å². The summed E-state index contributed by atoms with van der Waals surface area (Å²) < 4.78 is 0. The van der Waals surface area contributed by atoms with Crippen molar-refractivity contribution in [3.05, 3.63) is 176 Å². The number of aromatic nitrogens is 3. The van der Waals surface area contributed by atoms with Crippen LogP contribution in [0.5, 0.6) is 0 Å². The van der Waals surface area contributed by atoms with Crippen LogP contribution in [-0.4, -0.2) is 15.0 Å². The molecule has 0 aliphatic carbocycles. The van der Waals surface area contributed by atoms with Gasteiger partial charge < -0.3 is 0 Å². The van der Waals surface area contributed by atoms with Crippen molar-refractivity contribution in [3.63, 3.8) is 0 Å². The third kappa shape index (κ3) is 5.36. The topological polar surface area (TPSA) is 38.7 Å². The minimum absolute atomic E-state index is 0.710. The third-order valence-electron chi connectivity index (χ3n) is 8.43. The number of pyridine rings is 1. The molecule has 0 spiro atoms. The Labute approximate surface area is 268 Å². The highest BCUT2D eigenvalue weighted by Crippen LogP contribution is 2.36. The predicted octanol–water partition coefficient (Wildman–Crippen LogP) is 11.0. The van der Waals surface area contributed by atoms with Gasteiger partial charge in [-0.3, -0.25) is 4.98 Å². The zero-order valence-electron chi connectivity index (χ0n) is 25.1. The maximum Gasteiger partial charge on any atom is 0.160 e. The molecule has 0 radical (unpaired) electrons. The Morgan fingerprint density at radius 3 is 1.35 bits per heavy atom. The fourth-order valence-electron chi connectivity index (χ4n) is 6.07. The number of rotatable bonds is 6. The van der Waals surface area contributed by atoms with Crippen LogP contribution >= 0.6 is 0 Å². The van der Waals surface area contributed by atoms with Gasteiger partial charge in [0.05, 0.1) is 11.4 Å². The van der Waals surface area contributed by atoms with E-state index in [4.69, 9.17) is 9.97 Å². The van der Waals surface area contributed by atoms with Gasteiger partial charge in [-0.2, -0.15) is 0 Å². The Hall–Kier alpha value is -6.19. The second-order valence-electron chi connectivity index (χ2n) is 11.3. The SMILES string of the molecule is c1ccc(-c2ccc(-c3cc(-c4ccc(-c5ccc(-c6cccnc6)c6ccccc56)cc4)nc(-c4ccccc4)n3)cc2)cc1. The molecule has 2 aromatic heterocycles. The number of hydrogen-bond acceptors (Lipinski definition) is 3. The molecule has 0 aliphatic rings. The van der Waals surface area contributed by atoms with Gasteiger partial charge >= 0.3 is 0 Å². The van der Waals surface area contributed by atoms with Crippen LogP contribution in [0.4, 0.5) is 0 Å². The van der Waals surface area contributed by atoms with Crippen LogP contribution < -0.4 is 0 Å². The summed E-state index contributed by atoms with van der Waals surface area (Å²) in [4.78, 5) is 14.4. The van der Waals surface area contributed by atoms with E-state index in [1.807, 2.05) is 42.7 Å². The molecule has 46 heavy (non-hydrogen) atoms. The first kappa shape index (κ1) is 27.4. The van der Waals surface area contributed by atoms with Crippen molar-refractivity contribution in [2.24, 2.45) is 0 Å². The predicted molar refractivity (Wildman–Crippen MR) is 190 cm³/mol. The number of hydrogen-bond donors (Lipinski definition) is 0. The zero-order chi connectivity index (χ0) is 30.7. The standard InChI is InChI=1S/C43H29N3/c1-3-10-30(11-4-1)31-17-21-33(22-18-31)41-28-42(46-43(45-41)35-12-5-2-6-13-35)34-23-19-32(20-24-34)37-25-26-38(36-14-9-27-44-29-36)40-16-8-7-15-39(37)40/h1-29H. The fourth-order valence-corrected chi connectivity index (χ4v) is 6.07. The highest BCUT2D eigenvalue weighted by molar-refractivity contribution is 6.05. The van der Waals surface area contributed by atoms with E-state index in [0.29, 0.717) is 5.82 Å². The fraction of sp³-hybridized carbons (Fsp3) is 0. The van der Waals surface area contributed by atoms with Crippen molar-refractivity contribution in [1.29, 1.82) is 0 Å². The lowest BCUT2D eigenvalue weighted by Gasteiger charge is -2.13. The smallest absolute Gasteiger partial charge is 0.160 e. The van der Waals surface area contributed by atoms with E-state index in [1.54, 1.807) is 0 Å². The maximum atomic E-state index is 5.05. The van der Waals surface area contributed by atoms with Crippen LogP contribution in [-0.2, 0) is 0 Å². The third-order valence-corrected chi connectivity index (χ3v) is 8.43. The molecular formula is C43H29N3. The normalized spacial score (nSPS) is 11.0. The van der Waals surface area contributed by atoms with E-state index in [1.165, 1.54) is 33.0 Å². The van der Waals surface area contributed by atoms with Crippen LogP contribution in [0.25, 0.3) is 78.1 Å². The molecule has 216 valence electrons. The first-order valence-corrected chi connectivity index (χ1v) is 15.4. The van der Waals surface area contributed by atoms with Crippen molar-refractivity contribution in [2.45, 2.75) is 0 Å². The number of benzene rings is 6. The molecule has 0 N–H and O–H groups in total. The largest absolute Gasteiger partial charge is 0.264 e. The van der Waals surface area contributed by atoms with E-state index in [2.05, 4.69) is 138 Å². The first-order chi connectivity index (χ1) is 22.8. The lowest BCUT2D eigenvalue weighted by molar-refractivity contribution is 1.18. The number of fused-ring (bicyclic) bond motifs is 1. The minimum Gasteiger partial charge on any atom is -0.264 e. The van der Waals surface area contributed by atoms with Gasteiger partial charge in [-0.05, 0) is 50.7 Å². The summed E-state index contributed by atoms with van der Waals surface area (Å²) in [5, 5.41) is 2.43. The Morgan fingerprint density at radius 1 is 0.326 bits per heavy atom. The Balaban J connectivity index is 1.18. The molecule has 8 rings (SSSR count). The molecular weight excluding hydrogens is 558 g/mol. The molecule has 0 saturated carbocycles. The maximum absolute atomic E-state index is 5.05. The Morgan fingerprint density at radius 2 is 0.783 bits per heavy atom. The quantitative estimate of drug-likeness (QED) is 0.194. The lowest BCUT2D eigenvalue weighted by atomic mass is 9.92. The molecule has 3 heteroatoms. The number of nitrogens with zero attached hydrogens (tertiary/aromatic N) is 3. The monoisotopic (exact) mass is 587 g/mol. The van der Waals surface area contributed by atoms with E-state index in [9.17, 15) is 0 Å². The highest BCUT2D eigenvalue weighted by atomic mass is 14.9. The van der Waals surface area contributed by atoms with Gasteiger partial charge in [0, 0.05) is 34.6 Å². The highest BCUT2D eigenvalue weighted by Gasteiger charge is 2.13. The van der Waals surface area contributed by atoms with Crippen LogP contribution in [0.1, 0.15) is 0 Å². The zero-order valence-corrected chi connectivity index (χ0v) is 25.1. The van der Waals surface area contributed by atoms with Crippen molar-refractivity contribution in [1.82, 2.24) is 15.0 Å². The van der Waals surface area contributed by atoms with Crippen LogP contribution in [0.3, 0.4) is 0 Å². The lowest BCUT2D eigenvalue weighted by Crippen LogP contribution is -1.96. The minimum atomic E-state index is 0.710. The van der Waals surface area contributed by atoms with Crippen molar-refractivity contribution in [3.8, 4) is 67.3 Å². The van der Waals surface area contributed by atoms with Gasteiger partial charge in [-0.1, -0.05) is 152 Å². The summed E-state index contributed by atoms with van der Waals surface area (Å²) in [6.45, 7) is 0. The van der Waals surface area contributed by atoms with Gasteiger partial charge in [0.1, 0.15) is 0 Å². The molecule has 0 atom stereocenters. The van der Waals surface area contributed by atoms with Gasteiger partial charge in [-0.25, -0.2) is 9.97 Å². The molecule has 0 unspecified atom stereocenters. The van der Waals surface area contributed by atoms with Crippen molar-refractivity contribution < 1.29 is 0 Å². The molecule has 0 amide bonds. The second kappa shape index (κ2) is 12.1. The molecule has 2 heterocycles. The summed E-state index contributed by atoms with van der Waals surface area (Å²) >= 11 is 0. The summed E-state index contributed by atoms with van der Waals surface area (Å²) in [7, 11) is 0. The molecule has 6 aromatic carbocycles. The molecule has 8 aromatic rings. The van der Waals surface area contributed by atoms with E-state index >= 15 is 0 Å². The molecule has 0 aliphatic heterocycles. The second-order valence-corrected chi connectivity index (χ2v) is 11.3. The van der Waals surface area contributed by atoms with Gasteiger partial charge in [0.25, 0.3) is 0 Å². The summed E-state index contributed by atoms with van der Waals surface area (Å²) in [6.07, 6.45) is 3.74. The summed E-state index contributed by atoms with van der Waals surface area (Å²) in [6, 6.07) is 57.2. The van der Waals surface area contributed by atoms with Crippen LogP contribution in [0.15, 0.2) is 176 Å². The summed E-state index contributed by atoms with van der Waals surface area (Å²) in [5.74, 6) is 0.710. The molecule has 0 fully saturated rings. The van der Waals surface area contributed by atoms with Gasteiger partial charge in [0.2, 0.25) is 0 Å². The average molecular weight is 588 g/mol. The van der Waals surface area contributed by atoms with Crippen molar-refractivity contribution >= 4 is 10.8 Å². The van der Waals surface area contributed by atoms with Crippen LogP contribution in [0, 0.1) is 0 Å². The Kier molecular flexibility index (Phi) is 7.18. The molecule has 0 saturated heterocycles.